The highest BCUT2D eigenvalue weighted by Crippen LogP contribution is 2.25. The van der Waals surface area contributed by atoms with E-state index in [4.69, 9.17) is 0 Å². The second-order valence-corrected chi connectivity index (χ2v) is 6.85. The first kappa shape index (κ1) is 16.0. The van der Waals surface area contributed by atoms with Gasteiger partial charge in [0, 0.05) is 31.7 Å². The van der Waals surface area contributed by atoms with Crippen LogP contribution in [0.1, 0.15) is 41.7 Å². The zero-order chi connectivity index (χ0) is 17.1. The maximum absolute atomic E-state index is 4.53. The molecule has 3 aromatic rings. The summed E-state index contributed by atoms with van der Waals surface area (Å²) in [5, 5.41) is 7.33. The minimum absolute atomic E-state index is 0.421. The summed E-state index contributed by atoms with van der Waals surface area (Å²) in [6, 6.07) is 10.5. The molecule has 1 aliphatic heterocycles. The lowest BCUT2D eigenvalue weighted by Crippen LogP contribution is -2.34. The van der Waals surface area contributed by atoms with Crippen molar-refractivity contribution in [3.05, 3.63) is 65.8 Å². The monoisotopic (exact) mass is 336 g/mol. The number of piperidine rings is 1. The van der Waals surface area contributed by atoms with E-state index in [2.05, 4.69) is 60.0 Å². The molecule has 1 aliphatic rings. The van der Waals surface area contributed by atoms with Gasteiger partial charge >= 0.3 is 0 Å². The first-order valence-corrected chi connectivity index (χ1v) is 8.92. The Kier molecular flexibility index (Phi) is 4.61. The van der Waals surface area contributed by atoms with Gasteiger partial charge in [-0.3, -0.25) is 10.00 Å². The van der Waals surface area contributed by atoms with Crippen LogP contribution in [0.25, 0.3) is 0 Å². The molecule has 4 rings (SSSR count). The molecule has 0 radical (unpaired) electrons. The van der Waals surface area contributed by atoms with Gasteiger partial charge in [0.2, 0.25) is 0 Å². The highest BCUT2D eigenvalue weighted by atomic mass is 15.2. The number of benzene rings is 1. The van der Waals surface area contributed by atoms with Crippen LogP contribution in [0.5, 0.6) is 0 Å². The lowest BCUT2D eigenvalue weighted by Gasteiger charge is -2.31. The van der Waals surface area contributed by atoms with Crippen LogP contribution < -0.4 is 0 Å². The maximum Gasteiger partial charge on any atom is 0.155 e. The van der Waals surface area contributed by atoms with Crippen LogP contribution in [0.3, 0.4) is 0 Å². The van der Waals surface area contributed by atoms with Crippen LogP contribution in [-0.2, 0) is 13.1 Å². The Bertz CT molecular complexity index is 806. The van der Waals surface area contributed by atoms with Crippen molar-refractivity contribution in [2.45, 2.75) is 38.8 Å². The van der Waals surface area contributed by atoms with Gasteiger partial charge in [-0.15, -0.1) is 0 Å². The summed E-state index contributed by atoms with van der Waals surface area (Å²) in [6.07, 6.45) is 6.27. The molecule has 0 unspecified atom stereocenters. The van der Waals surface area contributed by atoms with Gasteiger partial charge in [-0.05, 0) is 31.9 Å². The minimum atomic E-state index is 0.421. The number of imidazole rings is 1. The van der Waals surface area contributed by atoms with Crippen molar-refractivity contribution in [1.82, 2.24) is 29.6 Å². The molecule has 6 nitrogen and oxygen atoms in total. The Labute approximate surface area is 147 Å². The van der Waals surface area contributed by atoms with E-state index in [0.29, 0.717) is 5.92 Å². The number of nitrogens with one attached hydrogen (secondary N) is 1. The lowest BCUT2D eigenvalue weighted by molar-refractivity contribution is 0.193. The molecule has 0 aliphatic carbocycles. The fraction of sp³-hybridized carbons (Fsp3) is 0.421. The van der Waals surface area contributed by atoms with Crippen molar-refractivity contribution in [1.29, 1.82) is 0 Å². The smallest absolute Gasteiger partial charge is 0.155 e. The van der Waals surface area contributed by atoms with Crippen molar-refractivity contribution < 1.29 is 0 Å². The number of aromatic nitrogens is 5. The van der Waals surface area contributed by atoms with E-state index in [1.165, 1.54) is 17.7 Å². The largest absolute Gasteiger partial charge is 0.329 e. The van der Waals surface area contributed by atoms with Crippen LogP contribution in [0.4, 0.5) is 0 Å². The summed E-state index contributed by atoms with van der Waals surface area (Å²) in [4.78, 5) is 11.4. The van der Waals surface area contributed by atoms with Gasteiger partial charge in [0.05, 0.1) is 12.0 Å². The second kappa shape index (κ2) is 7.19. The molecular formula is C19H24N6. The molecule has 1 aromatic carbocycles. The van der Waals surface area contributed by atoms with E-state index >= 15 is 0 Å². The molecule has 25 heavy (non-hydrogen) atoms. The predicted octanol–water partition coefficient (Wildman–Crippen LogP) is 2.74. The zero-order valence-corrected chi connectivity index (χ0v) is 14.6. The van der Waals surface area contributed by atoms with Gasteiger partial charge in [-0.1, -0.05) is 30.3 Å². The highest BCUT2D eigenvalue weighted by molar-refractivity contribution is 5.16. The molecule has 130 valence electrons. The normalized spacial score (nSPS) is 18.5. The Balaban J connectivity index is 1.43. The summed E-state index contributed by atoms with van der Waals surface area (Å²) < 4.78 is 2.25. The van der Waals surface area contributed by atoms with Crippen LogP contribution >= 0.6 is 0 Å². The topological polar surface area (TPSA) is 62.6 Å². The number of hydrogen-bond acceptors (Lipinski definition) is 4. The number of rotatable bonds is 5. The van der Waals surface area contributed by atoms with Crippen molar-refractivity contribution >= 4 is 0 Å². The van der Waals surface area contributed by atoms with Gasteiger partial charge in [0.1, 0.15) is 5.82 Å². The van der Waals surface area contributed by atoms with Crippen molar-refractivity contribution in [3.8, 4) is 0 Å². The molecule has 1 fully saturated rings. The fourth-order valence-corrected chi connectivity index (χ4v) is 3.58. The van der Waals surface area contributed by atoms with E-state index in [9.17, 15) is 0 Å². The van der Waals surface area contributed by atoms with Crippen molar-refractivity contribution in [2.75, 3.05) is 13.1 Å². The van der Waals surface area contributed by atoms with Gasteiger partial charge in [0.15, 0.2) is 5.82 Å². The van der Waals surface area contributed by atoms with Gasteiger partial charge in [-0.2, -0.15) is 5.10 Å². The number of aromatic amines is 1. The van der Waals surface area contributed by atoms with Gasteiger partial charge < -0.3 is 4.57 Å². The number of hydrogen-bond donors (Lipinski definition) is 1. The van der Waals surface area contributed by atoms with E-state index in [-0.39, 0.29) is 0 Å². The molecule has 0 saturated carbocycles. The molecule has 0 bridgehead atoms. The lowest BCUT2D eigenvalue weighted by atomic mass is 9.97. The molecular weight excluding hydrogens is 312 g/mol. The predicted molar refractivity (Wildman–Crippen MR) is 96.1 cm³/mol. The van der Waals surface area contributed by atoms with E-state index in [1.807, 2.05) is 19.4 Å². The quantitative estimate of drug-likeness (QED) is 0.778. The van der Waals surface area contributed by atoms with Gasteiger partial charge in [0.25, 0.3) is 0 Å². The number of nitrogens with zero attached hydrogens (tertiary/aromatic N) is 5. The summed E-state index contributed by atoms with van der Waals surface area (Å²) in [6.45, 7) is 5.88. The van der Waals surface area contributed by atoms with E-state index in [0.717, 1.165) is 44.2 Å². The average Bonchev–Trinajstić information content (AvgIpc) is 3.26. The van der Waals surface area contributed by atoms with Crippen LogP contribution in [-0.4, -0.2) is 42.7 Å². The number of aryl methyl sites for hydroxylation is 1. The van der Waals surface area contributed by atoms with Gasteiger partial charge in [-0.25, -0.2) is 9.97 Å². The molecule has 2 aromatic heterocycles. The SMILES string of the molecule is Cc1nc([C@H]2CCCN(Cc3cncn3Cc3ccccc3)C2)n[nH]1. The fourth-order valence-electron chi connectivity index (χ4n) is 3.58. The van der Waals surface area contributed by atoms with E-state index < -0.39 is 0 Å². The van der Waals surface area contributed by atoms with Crippen LogP contribution in [0, 0.1) is 6.92 Å². The Morgan fingerprint density at radius 2 is 2.08 bits per heavy atom. The van der Waals surface area contributed by atoms with Crippen molar-refractivity contribution in [3.63, 3.8) is 0 Å². The van der Waals surface area contributed by atoms with Crippen molar-refractivity contribution in [2.24, 2.45) is 0 Å². The highest BCUT2D eigenvalue weighted by Gasteiger charge is 2.24. The third-order valence-corrected chi connectivity index (χ3v) is 4.87. The third kappa shape index (κ3) is 3.79. The molecule has 1 saturated heterocycles. The number of H-pyrrole nitrogens is 1. The summed E-state index contributed by atoms with van der Waals surface area (Å²) in [7, 11) is 0. The molecule has 1 atom stereocenters. The first-order chi connectivity index (χ1) is 12.3. The summed E-state index contributed by atoms with van der Waals surface area (Å²) in [5.41, 5.74) is 2.56. The summed E-state index contributed by atoms with van der Waals surface area (Å²) in [5.74, 6) is 2.28. The Hall–Kier alpha value is -2.47. The summed E-state index contributed by atoms with van der Waals surface area (Å²) >= 11 is 0. The van der Waals surface area contributed by atoms with Crippen LogP contribution in [0.2, 0.25) is 0 Å². The molecule has 3 heterocycles. The maximum atomic E-state index is 4.53. The Morgan fingerprint density at radius 1 is 1.20 bits per heavy atom. The molecule has 6 heteroatoms. The standard InChI is InChI=1S/C19H24N6/c1-15-21-19(23-22-15)17-8-5-9-24(12-17)13-18-10-20-14-25(18)11-16-6-3-2-4-7-16/h2-4,6-7,10,14,17H,5,8-9,11-13H2,1H3,(H,21,22,23)/t17-/m0/s1. The Morgan fingerprint density at radius 3 is 2.88 bits per heavy atom. The molecule has 0 spiro atoms. The van der Waals surface area contributed by atoms with Crippen LogP contribution in [0.15, 0.2) is 42.9 Å². The zero-order valence-electron chi connectivity index (χ0n) is 14.6. The minimum Gasteiger partial charge on any atom is -0.329 e. The number of likely N-dealkylation sites (tertiary alicyclic amines) is 1. The van der Waals surface area contributed by atoms with E-state index in [1.54, 1.807) is 0 Å². The third-order valence-electron chi connectivity index (χ3n) is 4.87. The first-order valence-electron chi connectivity index (χ1n) is 8.92. The molecule has 1 N–H and O–H groups in total. The second-order valence-electron chi connectivity index (χ2n) is 6.85. The molecule has 0 amide bonds. The average molecular weight is 336 g/mol.